The van der Waals surface area contributed by atoms with Crippen LogP contribution in [0.4, 0.5) is 17.6 Å². The predicted molar refractivity (Wildman–Crippen MR) is 103 cm³/mol. The summed E-state index contributed by atoms with van der Waals surface area (Å²) < 4.78 is 11.8. The number of nitrogen functional groups attached to an aromatic ring is 1. The zero-order valence-electron chi connectivity index (χ0n) is 15.7. The lowest BCUT2D eigenvalue weighted by Crippen LogP contribution is -2.33. The number of nitrogens with two attached hydrogens (primary N) is 1. The number of anilines is 1. The zero-order chi connectivity index (χ0) is 21.4. The molecule has 4 atom stereocenters. The Hall–Kier alpha value is -3.39. The number of aromatic amines is 1. The minimum Gasteiger partial charge on any atom is -0.497 e. The van der Waals surface area contributed by atoms with E-state index in [9.17, 15) is 20.1 Å². The maximum absolute atomic E-state index is 12.3. The Morgan fingerprint density at radius 1 is 1.23 bits per heavy atom. The van der Waals surface area contributed by atoms with Crippen LogP contribution in [0.5, 0.6) is 5.75 Å². The molecule has 13 heteroatoms. The van der Waals surface area contributed by atoms with Crippen molar-refractivity contribution < 1.29 is 24.8 Å². The van der Waals surface area contributed by atoms with Crippen molar-refractivity contribution in [2.24, 2.45) is 10.2 Å². The van der Waals surface area contributed by atoms with E-state index in [0.717, 1.165) is 0 Å². The minimum atomic E-state index is -1.45. The summed E-state index contributed by atoms with van der Waals surface area (Å²) in [7, 11) is 1.54. The fourth-order valence-corrected chi connectivity index (χ4v) is 3.14. The number of rotatable bonds is 5. The molecule has 0 radical (unpaired) electrons. The normalized spacial score (nSPS) is 24.1. The molecule has 1 fully saturated rings. The monoisotopic (exact) mass is 417 g/mol. The third kappa shape index (κ3) is 3.39. The molecule has 3 heterocycles. The van der Waals surface area contributed by atoms with Crippen molar-refractivity contribution in [1.82, 2.24) is 19.5 Å². The maximum atomic E-state index is 12.3. The number of hydrogen-bond acceptors (Lipinski definition) is 11. The number of nitrogens with zero attached hydrogens (tertiary/aromatic N) is 5. The molecule has 30 heavy (non-hydrogen) atoms. The quantitative estimate of drug-likeness (QED) is 0.348. The highest BCUT2D eigenvalue weighted by molar-refractivity contribution is 5.74. The summed E-state index contributed by atoms with van der Waals surface area (Å²) in [5, 5.41) is 38.1. The van der Waals surface area contributed by atoms with E-state index in [0.29, 0.717) is 11.4 Å². The van der Waals surface area contributed by atoms with Crippen LogP contribution in [-0.2, 0) is 4.74 Å². The lowest BCUT2D eigenvalue weighted by Gasteiger charge is -2.17. The van der Waals surface area contributed by atoms with Gasteiger partial charge in [0.1, 0.15) is 24.1 Å². The first-order valence-corrected chi connectivity index (χ1v) is 8.89. The molecule has 0 saturated carbocycles. The van der Waals surface area contributed by atoms with E-state index < -0.39 is 36.7 Å². The molecule has 13 nitrogen and oxygen atoms in total. The summed E-state index contributed by atoms with van der Waals surface area (Å²) in [6, 6.07) is 6.70. The second-order valence-corrected chi connectivity index (χ2v) is 6.53. The third-order valence-electron chi connectivity index (χ3n) is 4.65. The molecule has 0 aliphatic carbocycles. The Morgan fingerprint density at radius 2 is 1.97 bits per heavy atom. The topological polar surface area (TPSA) is 193 Å². The van der Waals surface area contributed by atoms with Crippen LogP contribution in [0.2, 0.25) is 0 Å². The Morgan fingerprint density at radius 3 is 2.60 bits per heavy atom. The fraction of sp³-hybridized carbons (Fsp3) is 0.353. The SMILES string of the molecule is COc1ccc(N=Nc2nc3c(=O)[nH]c(N)nc3n2[C@@H]2O[C@H](CO)[C@@H](O)[C@H]2O)cc1. The van der Waals surface area contributed by atoms with E-state index in [-0.39, 0.29) is 23.1 Å². The Balaban J connectivity index is 1.82. The standard InChI is InChI=1S/C17H19N7O6/c1-29-8-4-2-7(3-5-8)22-23-17-19-10-13(20-16(18)21-14(10)28)24(17)15-12(27)11(26)9(6-25)30-15/h2-5,9,11-12,15,25-27H,6H2,1H3,(H3,18,20,21,28)/t9-,11-,12-,15-/m1/s1. The van der Waals surface area contributed by atoms with E-state index in [1.807, 2.05) is 0 Å². The molecule has 1 aliphatic rings. The molecule has 2 aromatic heterocycles. The van der Waals surface area contributed by atoms with Crippen LogP contribution >= 0.6 is 0 Å². The molecule has 1 aliphatic heterocycles. The first-order chi connectivity index (χ1) is 14.4. The highest BCUT2D eigenvalue weighted by Gasteiger charge is 2.45. The van der Waals surface area contributed by atoms with Crippen LogP contribution in [0.1, 0.15) is 6.23 Å². The summed E-state index contributed by atoms with van der Waals surface area (Å²) in [4.78, 5) is 22.8. The number of fused-ring (bicyclic) bond motifs is 1. The van der Waals surface area contributed by atoms with E-state index in [2.05, 4.69) is 25.2 Å². The fourth-order valence-electron chi connectivity index (χ4n) is 3.14. The highest BCUT2D eigenvalue weighted by Crippen LogP contribution is 2.35. The van der Waals surface area contributed by atoms with Gasteiger partial charge >= 0.3 is 0 Å². The molecule has 4 rings (SSSR count). The van der Waals surface area contributed by atoms with Crippen molar-refractivity contribution in [2.75, 3.05) is 19.5 Å². The van der Waals surface area contributed by atoms with Gasteiger partial charge in [-0.3, -0.25) is 14.3 Å². The predicted octanol–water partition coefficient (Wildman–Crippen LogP) is -0.263. The molecule has 0 amide bonds. The van der Waals surface area contributed by atoms with Gasteiger partial charge in [-0.25, -0.2) is 4.98 Å². The van der Waals surface area contributed by atoms with Gasteiger partial charge in [0.05, 0.1) is 19.4 Å². The third-order valence-corrected chi connectivity index (χ3v) is 4.65. The summed E-state index contributed by atoms with van der Waals surface area (Å²) in [5.41, 5.74) is 5.37. The van der Waals surface area contributed by atoms with Crippen LogP contribution in [-0.4, -0.2) is 66.9 Å². The smallest absolute Gasteiger partial charge is 0.280 e. The number of aliphatic hydroxyl groups excluding tert-OH is 3. The van der Waals surface area contributed by atoms with Gasteiger partial charge in [0.15, 0.2) is 17.4 Å². The first kappa shape index (κ1) is 19.9. The van der Waals surface area contributed by atoms with E-state index in [1.54, 1.807) is 24.3 Å². The summed E-state index contributed by atoms with van der Waals surface area (Å²) in [5.74, 6) is 0.345. The first-order valence-electron chi connectivity index (χ1n) is 8.89. The van der Waals surface area contributed by atoms with Crippen molar-refractivity contribution in [3.05, 3.63) is 34.6 Å². The summed E-state index contributed by atoms with van der Waals surface area (Å²) >= 11 is 0. The average Bonchev–Trinajstić information content (AvgIpc) is 3.24. The number of hydrogen-bond donors (Lipinski definition) is 5. The number of aliphatic hydroxyl groups is 3. The van der Waals surface area contributed by atoms with Crippen molar-refractivity contribution in [3.8, 4) is 5.75 Å². The van der Waals surface area contributed by atoms with Crippen LogP contribution in [0, 0.1) is 0 Å². The van der Waals surface area contributed by atoms with Gasteiger partial charge in [-0.1, -0.05) is 0 Å². The lowest BCUT2D eigenvalue weighted by molar-refractivity contribution is -0.0503. The van der Waals surface area contributed by atoms with Gasteiger partial charge in [0.25, 0.3) is 11.5 Å². The summed E-state index contributed by atoms with van der Waals surface area (Å²) in [6.45, 7) is -0.528. The van der Waals surface area contributed by atoms with Gasteiger partial charge in [0.2, 0.25) is 5.95 Å². The highest BCUT2D eigenvalue weighted by atomic mass is 16.6. The number of ether oxygens (including phenoxy) is 2. The van der Waals surface area contributed by atoms with Crippen molar-refractivity contribution in [1.29, 1.82) is 0 Å². The lowest BCUT2D eigenvalue weighted by atomic mass is 10.1. The second-order valence-electron chi connectivity index (χ2n) is 6.53. The Labute approximate surface area is 168 Å². The van der Waals surface area contributed by atoms with Crippen molar-refractivity contribution in [2.45, 2.75) is 24.5 Å². The number of imidazole rings is 1. The molecule has 1 aromatic carbocycles. The van der Waals surface area contributed by atoms with Crippen LogP contribution < -0.4 is 16.0 Å². The molecule has 158 valence electrons. The summed E-state index contributed by atoms with van der Waals surface area (Å²) in [6.07, 6.45) is -5.10. The van der Waals surface area contributed by atoms with Gasteiger partial charge in [0, 0.05) is 0 Å². The average molecular weight is 417 g/mol. The van der Waals surface area contributed by atoms with Gasteiger partial charge in [-0.05, 0) is 24.3 Å². The molecular weight excluding hydrogens is 398 g/mol. The molecule has 0 unspecified atom stereocenters. The molecule has 1 saturated heterocycles. The second kappa shape index (κ2) is 7.79. The number of methoxy groups -OCH3 is 1. The largest absolute Gasteiger partial charge is 0.497 e. The van der Waals surface area contributed by atoms with Crippen LogP contribution in [0.15, 0.2) is 39.3 Å². The van der Waals surface area contributed by atoms with Gasteiger partial charge < -0.3 is 30.5 Å². The Bertz CT molecular complexity index is 1140. The number of aromatic nitrogens is 4. The van der Waals surface area contributed by atoms with Crippen LogP contribution in [0.25, 0.3) is 11.2 Å². The zero-order valence-corrected chi connectivity index (χ0v) is 15.7. The Kier molecular flexibility index (Phi) is 5.17. The molecule has 6 N–H and O–H groups in total. The minimum absolute atomic E-state index is 0.0187. The number of azo groups is 1. The molecular formula is C17H19N7O6. The van der Waals surface area contributed by atoms with Crippen molar-refractivity contribution >= 4 is 28.7 Å². The van der Waals surface area contributed by atoms with E-state index in [4.69, 9.17) is 15.2 Å². The van der Waals surface area contributed by atoms with Crippen molar-refractivity contribution in [3.63, 3.8) is 0 Å². The van der Waals surface area contributed by atoms with Gasteiger partial charge in [-0.2, -0.15) is 4.98 Å². The molecule has 3 aromatic rings. The van der Waals surface area contributed by atoms with E-state index >= 15 is 0 Å². The maximum Gasteiger partial charge on any atom is 0.280 e. The number of nitrogens with one attached hydrogen (secondary N) is 1. The van der Waals surface area contributed by atoms with Gasteiger partial charge in [-0.15, -0.1) is 10.2 Å². The number of benzene rings is 1. The molecule has 0 bridgehead atoms. The molecule has 0 spiro atoms. The number of H-pyrrole nitrogens is 1. The van der Waals surface area contributed by atoms with E-state index in [1.165, 1.54) is 11.7 Å². The van der Waals surface area contributed by atoms with Crippen LogP contribution in [0.3, 0.4) is 0 Å².